The Morgan fingerprint density at radius 3 is 1.19 bits per heavy atom. The van der Waals surface area contributed by atoms with Crippen molar-refractivity contribution in [1.29, 1.82) is 0 Å². The molecule has 1 aromatic rings. The molecule has 4 aliphatic carbocycles. The van der Waals surface area contributed by atoms with Crippen LogP contribution in [0, 0.1) is 45.3 Å². The minimum absolute atomic E-state index is 0.0519. The summed E-state index contributed by atoms with van der Waals surface area (Å²) in [6.45, 7) is 7.48. The van der Waals surface area contributed by atoms with Gasteiger partial charge in [0.25, 0.3) is 0 Å². The monoisotopic (exact) mass is 488 g/mol. The van der Waals surface area contributed by atoms with E-state index in [9.17, 15) is 28.8 Å². The highest BCUT2D eigenvalue weighted by atomic mass is 16.2. The van der Waals surface area contributed by atoms with Gasteiger partial charge in [-0.25, -0.2) is 0 Å². The summed E-state index contributed by atoms with van der Waals surface area (Å²) in [4.78, 5) is 81.5. The normalized spacial score (nSPS) is 46.6. The molecule has 4 bridgehead atoms. The molecule has 0 spiro atoms. The number of hydrogen-bond acceptors (Lipinski definition) is 6. The molecule has 2 saturated heterocycles. The Bertz CT molecular complexity index is 1260. The van der Waals surface area contributed by atoms with Gasteiger partial charge in [-0.05, 0) is 47.9 Å². The third-order valence-electron chi connectivity index (χ3n) is 10.8. The van der Waals surface area contributed by atoms with E-state index in [0.29, 0.717) is 37.1 Å². The number of imide groups is 2. The zero-order valence-corrected chi connectivity index (χ0v) is 20.8. The highest BCUT2D eigenvalue weighted by molar-refractivity contribution is 6.26. The Morgan fingerprint density at radius 1 is 0.556 bits per heavy atom. The largest absolute Gasteiger partial charge is 0.299 e. The van der Waals surface area contributed by atoms with Crippen LogP contribution in [0.15, 0.2) is 24.3 Å². The van der Waals surface area contributed by atoms with Gasteiger partial charge in [-0.15, -0.1) is 0 Å². The molecule has 0 unspecified atom stereocenters. The van der Waals surface area contributed by atoms with Crippen LogP contribution in [0.5, 0.6) is 0 Å². The summed E-state index contributed by atoms with van der Waals surface area (Å²) in [6.07, 6.45) is 1.75. The van der Waals surface area contributed by atoms with Crippen LogP contribution < -0.4 is 9.80 Å². The lowest BCUT2D eigenvalue weighted by Crippen LogP contribution is -2.40. The number of ketones is 2. The highest BCUT2D eigenvalue weighted by Crippen LogP contribution is 2.69. The second-order valence-electron chi connectivity index (χ2n) is 13.1. The van der Waals surface area contributed by atoms with E-state index in [-0.39, 0.29) is 35.2 Å². The van der Waals surface area contributed by atoms with E-state index in [2.05, 4.69) is 0 Å². The Hall–Kier alpha value is -3.16. The quantitative estimate of drug-likeness (QED) is 0.592. The predicted molar refractivity (Wildman–Crippen MR) is 126 cm³/mol. The standard InChI is InChI=1S/C28H28N2O6/c1-25-9-15(31)27(3,11-25)19-17(25)21(33)29(23(19)35)13-5-7-14(8-6-13)30-22(34)18-20(24(30)36)28(4)12-26(18,2)10-16(28)32/h5-8,17-20H,9-12H2,1-4H3/t17-,18+,19-,20-,25+,26+,27-,28+/m0/s1. The van der Waals surface area contributed by atoms with Crippen molar-refractivity contribution >= 4 is 46.6 Å². The molecule has 1 aromatic carbocycles. The fraction of sp³-hybridized carbons (Fsp3) is 0.571. The average molecular weight is 489 g/mol. The van der Waals surface area contributed by atoms with E-state index in [1.165, 1.54) is 9.80 Å². The molecule has 0 N–H and O–H groups in total. The Labute approximate surface area is 208 Å². The molecule has 36 heavy (non-hydrogen) atoms. The van der Waals surface area contributed by atoms with Gasteiger partial charge in [0, 0.05) is 23.7 Å². The van der Waals surface area contributed by atoms with Crippen molar-refractivity contribution in [2.24, 2.45) is 45.3 Å². The van der Waals surface area contributed by atoms with Crippen LogP contribution >= 0.6 is 0 Å². The van der Waals surface area contributed by atoms with Crippen LogP contribution in [-0.4, -0.2) is 35.2 Å². The van der Waals surface area contributed by atoms with Crippen molar-refractivity contribution in [3.05, 3.63) is 24.3 Å². The number of benzene rings is 1. The van der Waals surface area contributed by atoms with Gasteiger partial charge in [-0.1, -0.05) is 27.7 Å². The fourth-order valence-corrected chi connectivity index (χ4v) is 9.43. The number of Topliss-reactive ketones (excluding diaryl/α,β-unsaturated/α-hetero) is 2. The summed E-state index contributed by atoms with van der Waals surface area (Å²) in [7, 11) is 0. The molecule has 186 valence electrons. The topological polar surface area (TPSA) is 109 Å². The maximum absolute atomic E-state index is 13.4. The van der Waals surface area contributed by atoms with E-state index in [4.69, 9.17) is 0 Å². The summed E-state index contributed by atoms with van der Waals surface area (Å²) in [5, 5.41) is 0. The van der Waals surface area contributed by atoms with Crippen LogP contribution in [-0.2, 0) is 28.8 Å². The van der Waals surface area contributed by atoms with Gasteiger partial charge in [-0.2, -0.15) is 0 Å². The molecule has 8 heteroatoms. The molecule has 7 rings (SSSR count). The second kappa shape index (κ2) is 6.03. The van der Waals surface area contributed by atoms with Gasteiger partial charge >= 0.3 is 0 Å². The molecule has 8 nitrogen and oxygen atoms in total. The van der Waals surface area contributed by atoms with E-state index in [1.807, 2.05) is 27.7 Å². The number of hydrogen-bond donors (Lipinski definition) is 0. The molecule has 4 amide bonds. The Kier molecular flexibility index (Phi) is 3.70. The molecule has 8 atom stereocenters. The molecular formula is C28H28N2O6. The molecule has 6 aliphatic rings. The van der Waals surface area contributed by atoms with Crippen molar-refractivity contribution in [3.63, 3.8) is 0 Å². The van der Waals surface area contributed by atoms with Crippen molar-refractivity contribution < 1.29 is 28.8 Å². The maximum Gasteiger partial charge on any atom is 0.238 e. The summed E-state index contributed by atoms with van der Waals surface area (Å²) in [5.74, 6) is -3.48. The average Bonchev–Trinajstić information content (AvgIpc) is 3.50. The van der Waals surface area contributed by atoms with E-state index >= 15 is 0 Å². The SMILES string of the molecule is C[C@@]12CC(=O)[C@](C)(C1)[C@@H]1C(=O)N(c3ccc(N4C(=O)[C@@H]5[C@H](C4=O)[C@]4(C)CC(=O)[C@@]5(C)C4)cc3)C(=O)[C@H]12. The molecule has 2 heterocycles. The summed E-state index contributed by atoms with van der Waals surface area (Å²) >= 11 is 0. The lowest BCUT2D eigenvalue weighted by Gasteiger charge is -2.30. The van der Waals surface area contributed by atoms with Crippen LogP contribution in [0.25, 0.3) is 0 Å². The molecule has 6 fully saturated rings. The minimum atomic E-state index is -0.809. The number of nitrogens with zero attached hydrogens (tertiary/aromatic N) is 2. The van der Waals surface area contributed by atoms with Gasteiger partial charge in [0.05, 0.1) is 35.0 Å². The number of fused-ring (bicyclic) bond motifs is 10. The van der Waals surface area contributed by atoms with Gasteiger partial charge in [0.15, 0.2) is 0 Å². The molecule has 4 saturated carbocycles. The number of carbonyl (C=O) groups is 6. The van der Waals surface area contributed by atoms with Gasteiger partial charge in [0.2, 0.25) is 23.6 Å². The Balaban J connectivity index is 1.21. The number of carbonyl (C=O) groups excluding carboxylic acids is 6. The van der Waals surface area contributed by atoms with Crippen molar-refractivity contribution in [2.75, 3.05) is 9.80 Å². The van der Waals surface area contributed by atoms with Gasteiger partial charge in [-0.3, -0.25) is 38.6 Å². The molecule has 2 aliphatic heterocycles. The minimum Gasteiger partial charge on any atom is -0.299 e. The first-order valence-corrected chi connectivity index (χ1v) is 12.7. The molecule has 0 aromatic heterocycles. The van der Waals surface area contributed by atoms with Gasteiger partial charge < -0.3 is 0 Å². The first-order chi connectivity index (χ1) is 16.8. The van der Waals surface area contributed by atoms with Crippen LogP contribution in [0.2, 0.25) is 0 Å². The molecule has 0 radical (unpaired) electrons. The van der Waals surface area contributed by atoms with Crippen LogP contribution in [0.4, 0.5) is 11.4 Å². The van der Waals surface area contributed by atoms with Crippen molar-refractivity contribution in [2.45, 2.75) is 53.4 Å². The first-order valence-electron chi connectivity index (χ1n) is 12.7. The summed E-state index contributed by atoms with van der Waals surface area (Å²) in [5.41, 5.74) is -1.89. The second-order valence-corrected chi connectivity index (χ2v) is 13.1. The van der Waals surface area contributed by atoms with Crippen LogP contribution in [0.1, 0.15) is 53.4 Å². The number of rotatable bonds is 2. The highest BCUT2D eigenvalue weighted by Gasteiger charge is 2.75. The molecular weight excluding hydrogens is 460 g/mol. The zero-order valence-electron chi connectivity index (χ0n) is 20.8. The lowest BCUT2D eigenvalue weighted by atomic mass is 9.68. The third kappa shape index (κ3) is 2.16. The third-order valence-corrected chi connectivity index (χ3v) is 10.8. The lowest BCUT2D eigenvalue weighted by molar-refractivity contribution is -0.138. The first kappa shape index (κ1) is 22.1. The number of anilines is 2. The predicted octanol–water partition coefficient (Wildman–Crippen LogP) is 2.68. The van der Waals surface area contributed by atoms with Crippen molar-refractivity contribution in [3.8, 4) is 0 Å². The summed E-state index contributed by atoms with van der Waals surface area (Å²) in [6, 6.07) is 6.33. The Morgan fingerprint density at radius 2 is 0.861 bits per heavy atom. The smallest absolute Gasteiger partial charge is 0.238 e. The van der Waals surface area contributed by atoms with E-state index < -0.39 is 45.3 Å². The van der Waals surface area contributed by atoms with E-state index in [1.54, 1.807) is 24.3 Å². The number of amides is 4. The van der Waals surface area contributed by atoms with Crippen LogP contribution in [0.3, 0.4) is 0 Å². The zero-order chi connectivity index (χ0) is 25.7. The van der Waals surface area contributed by atoms with E-state index in [0.717, 1.165) is 0 Å². The van der Waals surface area contributed by atoms with Gasteiger partial charge in [0.1, 0.15) is 11.6 Å². The fourth-order valence-electron chi connectivity index (χ4n) is 9.43. The maximum atomic E-state index is 13.4. The van der Waals surface area contributed by atoms with Crippen molar-refractivity contribution in [1.82, 2.24) is 0 Å². The summed E-state index contributed by atoms with van der Waals surface area (Å²) < 4.78 is 0.